The summed E-state index contributed by atoms with van der Waals surface area (Å²) in [5, 5.41) is 6.14. The molecule has 1 atom stereocenters. The number of halogens is 1. The van der Waals surface area contributed by atoms with Crippen molar-refractivity contribution in [1.82, 2.24) is 10.6 Å². The van der Waals surface area contributed by atoms with Gasteiger partial charge in [0.15, 0.2) is 0 Å². The third-order valence-electron chi connectivity index (χ3n) is 3.16. The van der Waals surface area contributed by atoms with E-state index < -0.39 is 0 Å². The number of hydrogen-bond donors (Lipinski definition) is 2. The van der Waals surface area contributed by atoms with E-state index in [0.29, 0.717) is 6.54 Å². The van der Waals surface area contributed by atoms with Crippen molar-refractivity contribution in [3.8, 4) is 5.75 Å². The molecule has 1 heterocycles. The van der Waals surface area contributed by atoms with Crippen LogP contribution in [0.4, 0.5) is 0 Å². The van der Waals surface area contributed by atoms with Gasteiger partial charge in [-0.05, 0) is 25.0 Å². The predicted molar refractivity (Wildman–Crippen MR) is 85.9 cm³/mol. The molecule has 1 aromatic rings. The summed E-state index contributed by atoms with van der Waals surface area (Å²) < 4.78 is 5.33. The fourth-order valence-corrected chi connectivity index (χ4v) is 3.05. The van der Waals surface area contributed by atoms with E-state index in [9.17, 15) is 4.79 Å². The Morgan fingerprint density at radius 2 is 2.35 bits per heavy atom. The van der Waals surface area contributed by atoms with Gasteiger partial charge < -0.3 is 10.1 Å². The Morgan fingerprint density at radius 3 is 3.00 bits per heavy atom. The Kier molecular flexibility index (Phi) is 7.19. The number of hydrogen-bond acceptors (Lipinski definition) is 4. The van der Waals surface area contributed by atoms with Crippen LogP contribution in [0.15, 0.2) is 18.2 Å². The molecule has 0 bridgehead atoms. The smallest absolute Gasteiger partial charge is 0.238 e. The van der Waals surface area contributed by atoms with Crippen molar-refractivity contribution in [2.24, 2.45) is 0 Å². The normalized spacial score (nSPS) is 17.4. The molecule has 1 amide bonds. The molecule has 4 nitrogen and oxygen atoms in total. The van der Waals surface area contributed by atoms with Gasteiger partial charge in [-0.1, -0.05) is 17.7 Å². The molecule has 2 rings (SSSR count). The van der Waals surface area contributed by atoms with Crippen LogP contribution >= 0.6 is 24.2 Å². The van der Waals surface area contributed by atoms with Crippen LogP contribution in [0.2, 0.25) is 0 Å². The minimum Gasteiger partial charge on any atom is -0.496 e. The van der Waals surface area contributed by atoms with Gasteiger partial charge in [-0.25, -0.2) is 0 Å². The molecule has 1 saturated heterocycles. The Morgan fingerprint density at radius 1 is 1.55 bits per heavy atom. The van der Waals surface area contributed by atoms with Crippen LogP contribution in [-0.4, -0.2) is 37.2 Å². The second-order valence-corrected chi connectivity index (χ2v) is 5.66. The lowest BCUT2D eigenvalue weighted by atomic mass is 10.1. The van der Waals surface area contributed by atoms with Crippen LogP contribution in [0.5, 0.6) is 5.75 Å². The Hall–Kier alpha value is -0.910. The van der Waals surface area contributed by atoms with Gasteiger partial charge in [0.1, 0.15) is 5.75 Å². The van der Waals surface area contributed by atoms with Gasteiger partial charge in [0, 0.05) is 18.2 Å². The van der Waals surface area contributed by atoms with Gasteiger partial charge in [0.2, 0.25) is 5.91 Å². The van der Waals surface area contributed by atoms with Crippen LogP contribution in [0.1, 0.15) is 11.1 Å². The third-order valence-corrected chi connectivity index (χ3v) is 4.10. The lowest BCUT2D eigenvalue weighted by molar-refractivity contribution is -0.122. The van der Waals surface area contributed by atoms with E-state index in [2.05, 4.69) is 23.6 Å². The van der Waals surface area contributed by atoms with E-state index in [1.807, 2.05) is 12.1 Å². The fraction of sp³-hybridized carbons (Fsp3) is 0.500. The summed E-state index contributed by atoms with van der Waals surface area (Å²) in [5.41, 5.74) is 2.34. The maximum atomic E-state index is 11.8. The second kappa shape index (κ2) is 8.39. The van der Waals surface area contributed by atoms with Crippen LogP contribution in [-0.2, 0) is 11.2 Å². The third kappa shape index (κ3) is 4.58. The Balaban J connectivity index is 0.00000200. The van der Waals surface area contributed by atoms with Gasteiger partial charge in [-0.2, -0.15) is 0 Å². The topological polar surface area (TPSA) is 50.4 Å². The van der Waals surface area contributed by atoms with E-state index in [0.717, 1.165) is 29.4 Å². The first-order valence-electron chi connectivity index (χ1n) is 6.43. The highest BCUT2D eigenvalue weighted by atomic mass is 35.5. The number of nitrogens with one attached hydrogen (secondary N) is 2. The Labute approximate surface area is 130 Å². The van der Waals surface area contributed by atoms with Gasteiger partial charge in [-0.3, -0.25) is 10.1 Å². The number of ether oxygens (including phenoxy) is 1. The highest BCUT2D eigenvalue weighted by Gasteiger charge is 2.21. The molecule has 0 saturated carbocycles. The molecule has 6 heteroatoms. The zero-order valence-electron chi connectivity index (χ0n) is 11.8. The van der Waals surface area contributed by atoms with Crippen molar-refractivity contribution >= 4 is 30.1 Å². The summed E-state index contributed by atoms with van der Waals surface area (Å²) in [6, 6.07) is 6.07. The number of benzene rings is 1. The molecule has 0 aliphatic carbocycles. The first-order valence-corrected chi connectivity index (χ1v) is 7.58. The first-order chi connectivity index (χ1) is 9.20. The van der Waals surface area contributed by atoms with Crippen LogP contribution < -0.4 is 15.4 Å². The predicted octanol–water partition coefficient (Wildman–Crippen LogP) is 1.75. The SMILES string of the molecule is COc1ccc(C)cc1CCNC(=O)C1CSCN1.Cl. The van der Waals surface area contributed by atoms with Crippen molar-refractivity contribution in [1.29, 1.82) is 0 Å². The molecule has 0 aromatic heterocycles. The zero-order valence-corrected chi connectivity index (χ0v) is 13.4. The number of aryl methyl sites for hydroxylation is 1. The van der Waals surface area contributed by atoms with E-state index >= 15 is 0 Å². The van der Waals surface area contributed by atoms with Crippen molar-refractivity contribution < 1.29 is 9.53 Å². The highest BCUT2D eigenvalue weighted by molar-refractivity contribution is 7.99. The summed E-state index contributed by atoms with van der Waals surface area (Å²) in [5.74, 6) is 2.70. The van der Waals surface area contributed by atoms with E-state index in [1.54, 1.807) is 18.9 Å². The largest absolute Gasteiger partial charge is 0.496 e. The summed E-state index contributed by atoms with van der Waals surface area (Å²) in [6.45, 7) is 2.70. The minimum absolute atomic E-state index is 0. The average molecular weight is 317 g/mol. The zero-order chi connectivity index (χ0) is 13.7. The van der Waals surface area contributed by atoms with Crippen LogP contribution in [0, 0.1) is 6.92 Å². The van der Waals surface area contributed by atoms with Gasteiger partial charge in [0.05, 0.1) is 13.2 Å². The number of carbonyl (C=O) groups excluding carboxylic acids is 1. The molecular formula is C14H21ClN2O2S. The fourth-order valence-electron chi connectivity index (χ4n) is 2.11. The number of carbonyl (C=O) groups is 1. The molecule has 0 radical (unpaired) electrons. The van der Waals surface area contributed by atoms with Crippen LogP contribution in [0.25, 0.3) is 0 Å². The van der Waals surface area contributed by atoms with Crippen molar-refractivity contribution in [2.75, 3.05) is 25.3 Å². The van der Waals surface area contributed by atoms with E-state index in [-0.39, 0.29) is 24.4 Å². The minimum atomic E-state index is -0.0376. The number of amides is 1. The van der Waals surface area contributed by atoms with Gasteiger partial charge >= 0.3 is 0 Å². The number of methoxy groups -OCH3 is 1. The quantitative estimate of drug-likeness (QED) is 0.869. The molecule has 2 N–H and O–H groups in total. The summed E-state index contributed by atoms with van der Waals surface area (Å²) >= 11 is 1.76. The van der Waals surface area contributed by atoms with Crippen molar-refractivity contribution in [3.63, 3.8) is 0 Å². The molecule has 112 valence electrons. The van der Waals surface area contributed by atoms with Crippen LogP contribution in [0.3, 0.4) is 0 Å². The molecule has 1 aromatic carbocycles. The molecule has 20 heavy (non-hydrogen) atoms. The van der Waals surface area contributed by atoms with Gasteiger partial charge in [0.25, 0.3) is 0 Å². The van der Waals surface area contributed by atoms with E-state index in [4.69, 9.17) is 4.74 Å². The number of rotatable bonds is 5. The highest BCUT2D eigenvalue weighted by Crippen LogP contribution is 2.19. The number of thioether (sulfide) groups is 1. The molecular weight excluding hydrogens is 296 g/mol. The maximum Gasteiger partial charge on any atom is 0.238 e. The molecule has 1 fully saturated rings. The van der Waals surface area contributed by atoms with Gasteiger partial charge in [-0.15, -0.1) is 24.2 Å². The maximum absolute atomic E-state index is 11.8. The molecule has 0 spiro atoms. The molecule has 1 aliphatic rings. The summed E-state index contributed by atoms with van der Waals surface area (Å²) in [7, 11) is 1.67. The lowest BCUT2D eigenvalue weighted by Crippen LogP contribution is -2.42. The Bertz CT molecular complexity index is 451. The second-order valence-electron chi connectivity index (χ2n) is 4.63. The van der Waals surface area contributed by atoms with E-state index in [1.165, 1.54) is 5.56 Å². The monoisotopic (exact) mass is 316 g/mol. The summed E-state index contributed by atoms with van der Waals surface area (Å²) in [6.07, 6.45) is 0.788. The van der Waals surface area contributed by atoms with Crippen molar-refractivity contribution in [3.05, 3.63) is 29.3 Å². The lowest BCUT2D eigenvalue weighted by Gasteiger charge is -2.12. The van der Waals surface area contributed by atoms with Crippen molar-refractivity contribution in [2.45, 2.75) is 19.4 Å². The first kappa shape index (κ1) is 17.1. The molecule has 1 aliphatic heterocycles. The average Bonchev–Trinajstić information content (AvgIpc) is 2.93. The standard InChI is InChI=1S/C14H20N2O2S.ClH/c1-10-3-4-13(18-2)11(7-10)5-6-15-14(17)12-8-19-9-16-12;/h3-4,7,12,16H,5-6,8-9H2,1-2H3,(H,15,17);1H. The molecule has 1 unspecified atom stereocenters. The summed E-state index contributed by atoms with van der Waals surface area (Å²) in [4.78, 5) is 11.8.